The van der Waals surface area contributed by atoms with Crippen LogP contribution in [0.1, 0.15) is 52.4 Å². The number of nitrogens with one attached hydrogen (secondary N) is 2. The van der Waals surface area contributed by atoms with Crippen molar-refractivity contribution in [3.63, 3.8) is 0 Å². The Morgan fingerprint density at radius 2 is 1.85 bits per heavy atom. The van der Waals surface area contributed by atoms with Crippen LogP contribution in [0.15, 0.2) is 27.8 Å². The average molecular weight is 474 g/mol. The number of H-pyrrole nitrogens is 1. The van der Waals surface area contributed by atoms with Gasteiger partial charge in [0.15, 0.2) is 11.5 Å². The normalized spacial score (nSPS) is 12.8. The lowest BCUT2D eigenvalue weighted by molar-refractivity contribution is -0.115. The number of aromatic nitrogens is 2. The first-order valence-electron chi connectivity index (χ1n) is 12.0. The molecule has 0 bridgehead atoms. The van der Waals surface area contributed by atoms with Crippen molar-refractivity contribution in [2.75, 3.05) is 42.3 Å². The first kappa shape index (κ1) is 25.2. The largest absolute Gasteiger partial charge is 0.490 e. The van der Waals surface area contributed by atoms with Crippen LogP contribution in [-0.2, 0) is 11.3 Å². The van der Waals surface area contributed by atoms with E-state index in [0.29, 0.717) is 43.5 Å². The van der Waals surface area contributed by atoms with Gasteiger partial charge in [-0.05, 0) is 25.0 Å². The number of carbonyl (C=O) groups excluding carboxylic acids is 1. The molecule has 0 spiro atoms. The Labute approximate surface area is 199 Å². The molecule has 2 aromatic rings. The average Bonchev–Trinajstić information content (AvgIpc) is 3.03. The lowest BCUT2D eigenvalue weighted by Crippen LogP contribution is -2.42. The van der Waals surface area contributed by atoms with Gasteiger partial charge < -0.3 is 25.4 Å². The molecule has 1 aliphatic rings. The Hall–Kier alpha value is -3.43. The highest BCUT2D eigenvalue weighted by Gasteiger charge is 2.21. The molecule has 1 aromatic carbocycles. The molecule has 0 fully saturated rings. The Bertz CT molecular complexity index is 1090. The van der Waals surface area contributed by atoms with Crippen LogP contribution in [0.2, 0.25) is 0 Å². The number of hydrogen-bond acceptors (Lipinski definition) is 7. The number of rotatable bonds is 11. The fourth-order valence-corrected chi connectivity index (χ4v) is 3.86. The van der Waals surface area contributed by atoms with Crippen LogP contribution in [0.25, 0.3) is 0 Å². The van der Waals surface area contributed by atoms with Gasteiger partial charge in [-0.1, -0.05) is 33.1 Å². The van der Waals surface area contributed by atoms with Crippen LogP contribution < -0.4 is 36.7 Å². The molecule has 3 rings (SSSR count). The van der Waals surface area contributed by atoms with E-state index in [-0.39, 0.29) is 24.0 Å². The van der Waals surface area contributed by atoms with Crippen molar-refractivity contribution in [2.24, 2.45) is 0 Å². The fraction of sp³-hybridized carbons (Fsp3) is 0.542. The number of amides is 1. The molecule has 34 heavy (non-hydrogen) atoms. The number of nitrogen functional groups attached to an aromatic ring is 1. The van der Waals surface area contributed by atoms with E-state index in [1.807, 2.05) is 6.92 Å². The molecule has 0 aliphatic carbocycles. The highest BCUT2D eigenvalue weighted by Crippen LogP contribution is 2.32. The van der Waals surface area contributed by atoms with Crippen molar-refractivity contribution >= 4 is 23.1 Å². The number of nitrogens with two attached hydrogens (primary N) is 1. The number of benzene rings is 1. The van der Waals surface area contributed by atoms with Gasteiger partial charge in [-0.25, -0.2) is 4.79 Å². The molecule has 0 radical (unpaired) electrons. The molecular formula is C24H35N5O5. The lowest BCUT2D eigenvalue weighted by atomic mass is 10.2. The highest BCUT2D eigenvalue weighted by atomic mass is 16.5. The van der Waals surface area contributed by atoms with Gasteiger partial charge in [0, 0.05) is 31.3 Å². The molecule has 1 amide bonds. The molecule has 4 N–H and O–H groups in total. The van der Waals surface area contributed by atoms with Gasteiger partial charge in [0.25, 0.3) is 5.56 Å². The minimum Gasteiger partial charge on any atom is -0.490 e. The zero-order chi connectivity index (χ0) is 24.5. The van der Waals surface area contributed by atoms with Gasteiger partial charge in [0.1, 0.15) is 11.5 Å². The summed E-state index contributed by atoms with van der Waals surface area (Å²) < 4.78 is 12.7. The van der Waals surface area contributed by atoms with Gasteiger partial charge in [-0.2, -0.15) is 0 Å². The summed E-state index contributed by atoms with van der Waals surface area (Å²) in [5.41, 5.74) is 5.88. The third kappa shape index (κ3) is 6.33. The number of anilines is 3. The first-order valence-corrected chi connectivity index (χ1v) is 12.0. The molecule has 2 heterocycles. The Morgan fingerprint density at radius 3 is 2.59 bits per heavy atom. The van der Waals surface area contributed by atoms with Gasteiger partial charge in [-0.15, -0.1) is 0 Å². The SMILES string of the molecule is CCCCCN(CC(=O)Nc1ccc2c(c1)OCCCO2)c1c(N)n(CCCC)c(=O)[nH]c1=O. The van der Waals surface area contributed by atoms with Crippen molar-refractivity contribution in [2.45, 2.75) is 58.9 Å². The summed E-state index contributed by atoms with van der Waals surface area (Å²) in [6.07, 6.45) is 5.11. The van der Waals surface area contributed by atoms with Gasteiger partial charge in [-0.3, -0.25) is 19.1 Å². The quantitative estimate of drug-likeness (QED) is 0.428. The standard InChI is InChI=1S/C24H35N5O5/c1-3-5-7-11-28(21-22(25)29(12-6-4-2)24(32)27-23(21)31)16-20(30)26-17-9-10-18-19(15-17)34-14-8-13-33-18/h9-10,15H,3-8,11-14,16,25H2,1-2H3,(H,26,30)(H,27,31,32). The van der Waals surface area contributed by atoms with E-state index in [4.69, 9.17) is 15.2 Å². The Morgan fingerprint density at radius 1 is 1.12 bits per heavy atom. The van der Waals surface area contributed by atoms with Crippen LogP contribution in [0, 0.1) is 0 Å². The van der Waals surface area contributed by atoms with E-state index < -0.39 is 11.2 Å². The number of aromatic amines is 1. The summed E-state index contributed by atoms with van der Waals surface area (Å²) in [6, 6.07) is 5.24. The van der Waals surface area contributed by atoms with Crippen molar-refractivity contribution in [1.82, 2.24) is 9.55 Å². The maximum atomic E-state index is 13.0. The van der Waals surface area contributed by atoms with E-state index in [1.54, 1.807) is 23.1 Å². The predicted molar refractivity (Wildman–Crippen MR) is 133 cm³/mol. The van der Waals surface area contributed by atoms with Gasteiger partial charge >= 0.3 is 5.69 Å². The van der Waals surface area contributed by atoms with Crippen LogP contribution in [0.5, 0.6) is 11.5 Å². The summed E-state index contributed by atoms with van der Waals surface area (Å²) in [5.74, 6) is 1.00. The summed E-state index contributed by atoms with van der Waals surface area (Å²) in [6.45, 7) is 5.99. The van der Waals surface area contributed by atoms with E-state index in [9.17, 15) is 14.4 Å². The number of fused-ring (bicyclic) bond motifs is 1. The van der Waals surface area contributed by atoms with Gasteiger partial charge in [0.05, 0.1) is 19.8 Å². The van der Waals surface area contributed by atoms with E-state index >= 15 is 0 Å². The zero-order valence-electron chi connectivity index (χ0n) is 20.0. The molecule has 0 saturated carbocycles. The second-order valence-electron chi connectivity index (χ2n) is 8.39. The molecule has 0 saturated heterocycles. The number of hydrogen-bond donors (Lipinski definition) is 3. The second kappa shape index (κ2) is 12.2. The third-order valence-corrected chi connectivity index (χ3v) is 5.66. The molecule has 10 heteroatoms. The predicted octanol–water partition coefficient (Wildman–Crippen LogP) is 2.72. The van der Waals surface area contributed by atoms with E-state index in [2.05, 4.69) is 17.2 Å². The third-order valence-electron chi connectivity index (χ3n) is 5.66. The summed E-state index contributed by atoms with van der Waals surface area (Å²) in [5, 5.41) is 2.86. The summed E-state index contributed by atoms with van der Waals surface area (Å²) in [7, 11) is 0. The van der Waals surface area contributed by atoms with Crippen LogP contribution in [0.4, 0.5) is 17.2 Å². The molecule has 10 nitrogen and oxygen atoms in total. The van der Waals surface area contributed by atoms with Crippen LogP contribution in [0.3, 0.4) is 0 Å². The zero-order valence-corrected chi connectivity index (χ0v) is 20.0. The number of ether oxygens (including phenoxy) is 2. The summed E-state index contributed by atoms with van der Waals surface area (Å²) in [4.78, 5) is 42.0. The fourth-order valence-electron chi connectivity index (χ4n) is 3.86. The highest BCUT2D eigenvalue weighted by molar-refractivity contribution is 5.94. The molecule has 1 aromatic heterocycles. The first-order chi connectivity index (χ1) is 16.4. The summed E-state index contributed by atoms with van der Waals surface area (Å²) >= 11 is 0. The lowest BCUT2D eigenvalue weighted by Gasteiger charge is -2.26. The molecule has 186 valence electrons. The van der Waals surface area contributed by atoms with Gasteiger partial charge in [0.2, 0.25) is 5.91 Å². The topological polar surface area (TPSA) is 132 Å². The van der Waals surface area contributed by atoms with Crippen molar-refractivity contribution in [3.05, 3.63) is 39.0 Å². The van der Waals surface area contributed by atoms with Crippen LogP contribution in [-0.4, -0.2) is 41.8 Å². The van der Waals surface area contributed by atoms with E-state index in [0.717, 1.165) is 38.5 Å². The monoisotopic (exact) mass is 473 g/mol. The van der Waals surface area contributed by atoms with Crippen molar-refractivity contribution < 1.29 is 14.3 Å². The molecule has 0 unspecified atom stereocenters. The smallest absolute Gasteiger partial charge is 0.330 e. The number of nitrogens with zero attached hydrogens (tertiary/aromatic N) is 2. The van der Waals surface area contributed by atoms with Crippen molar-refractivity contribution in [3.8, 4) is 11.5 Å². The number of unbranched alkanes of at least 4 members (excludes halogenated alkanes) is 3. The van der Waals surface area contributed by atoms with Crippen LogP contribution >= 0.6 is 0 Å². The Kier molecular flexibility index (Phi) is 9.00. The minimum atomic E-state index is -0.588. The second-order valence-corrected chi connectivity index (χ2v) is 8.39. The minimum absolute atomic E-state index is 0.0853. The Balaban J connectivity index is 1.83. The maximum absolute atomic E-state index is 13.0. The number of carbonyl (C=O) groups is 1. The molecular weight excluding hydrogens is 438 g/mol. The molecule has 1 aliphatic heterocycles. The van der Waals surface area contributed by atoms with Crippen molar-refractivity contribution in [1.29, 1.82) is 0 Å². The molecule has 0 atom stereocenters. The van der Waals surface area contributed by atoms with E-state index in [1.165, 1.54) is 4.57 Å². The maximum Gasteiger partial charge on any atom is 0.330 e.